The van der Waals surface area contributed by atoms with Crippen LogP contribution in [0.3, 0.4) is 0 Å². The average molecular weight is 374 g/mol. The standard InChI is InChI=1S/C19H19FN2O3S/c1-3-25-11-10-22-16-9-8-13(24-2)12-17(16)26-19(22)21-18(23)14-6-4-5-7-15(14)20/h4-9,12H,3,10-11H2,1-2H3. The molecule has 5 nitrogen and oxygen atoms in total. The molecule has 0 N–H and O–H groups in total. The van der Waals surface area contributed by atoms with Crippen molar-refractivity contribution < 1.29 is 18.7 Å². The second kappa shape index (κ2) is 8.25. The van der Waals surface area contributed by atoms with Gasteiger partial charge >= 0.3 is 0 Å². The predicted molar refractivity (Wildman–Crippen MR) is 99.2 cm³/mol. The second-order valence-electron chi connectivity index (χ2n) is 5.46. The van der Waals surface area contributed by atoms with Crippen LogP contribution in [0.2, 0.25) is 0 Å². The molecule has 0 bridgehead atoms. The summed E-state index contributed by atoms with van der Waals surface area (Å²) in [7, 11) is 1.60. The van der Waals surface area contributed by atoms with Gasteiger partial charge in [0.15, 0.2) is 4.80 Å². The first-order valence-corrected chi connectivity index (χ1v) is 9.04. The van der Waals surface area contributed by atoms with Gasteiger partial charge in [-0.05, 0) is 37.3 Å². The summed E-state index contributed by atoms with van der Waals surface area (Å²) in [6, 6.07) is 11.5. The van der Waals surface area contributed by atoms with Crippen molar-refractivity contribution in [2.75, 3.05) is 20.3 Å². The molecule has 0 saturated heterocycles. The van der Waals surface area contributed by atoms with Crippen LogP contribution in [-0.4, -0.2) is 30.8 Å². The van der Waals surface area contributed by atoms with E-state index in [1.54, 1.807) is 19.2 Å². The summed E-state index contributed by atoms with van der Waals surface area (Å²) in [5, 5.41) is 0. The van der Waals surface area contributed by atoms with Gasteiger partial charge in [0.05, 0.1) is 29.5 Å². The monoisotopic (exact) mass is 374 g/mol. The number of fused-ring (bicyclic) bond motifs is 1. The molecule has 2 aromatic carbocycles. The lowest BCUT2D eigenvalue weighted by Gasteiger charge is -2.06. The molecular formula is C19H19FN2O3S. The molecule has 3 rings (SSSR count). The second-order valence-corrected chi connectivity index (χ2v) is 6.47. The van der Waals surface area contributed by atoms with Gasteiger partial charge in [-0.25, -0.2) is 4.39 Å². The van der Waals surface area contributed by atoms with E-state index in [0.29, 0.717) is 24.6 Å². The highest BCUT2D eigenvalue weighted by Crippen LogP contribution is 2.23. The van der Waals surface area contributed by atoms with Crippen molar-refractivity contribution in [3.8, 4) is 5.75 Å². The Balaban J connectivity index is 2.09. The molecule has 1 heterocycles. The molecule has 0 radical (unpaired) electrons. The molecule has 0 unspecified atom stereocenters. The van der Waals surface area contributed by atoms with Gasteiger partial charge < -0.3 is 14.0 Å². The van der Waals surface area contributed by atoms with Crippen LogP contribution in [0.25, 0.3) is 10.2 Å². The van der Waals surface area contributed by atoms with E-state index in [0.717, 1.165) is 16.0 Å². The highest BCUT2D eigenvalue weighted by Gasteiger charge is 2.12. The molecule has 3 aromatic rings. The van der Waals surface area contributed by atoms with Crippen LogP contribution < -0.4 is 9.54 Å². The van der Waals surface area contributed by atoms with E-state index in [4.69, 9.17) is 9.47 Å². The Morgan fingerprint density at radius 3 is 2.81 bits per heavy atom. The summed E-state index contributed by atoms with van der Waals surface area (Å²) in [6.45, 7) is 3.57. The van der Waals surface area contributed by atoms with Crippen molar-refractivity contribution in [2.45, 2.75) is 13.5 Å². The molecule has 136 valence electrons. The zero-order valence-corrected chi connectivity index (χ0v) is 15.4. The van der Waals surface area contributed by atoms with Gasteiger partial charge in [0.1, 0.15) is 11.6 Å². The molecule has 0 aliphatic carbocycles. The van der Waals surface area contributed by atoms with E-state index in [2.05, 4.69) is 4.99 Å². The maximum Gasteiger partial charge on any atom is 0.282 e. The van der Waals surface area contributed by atoms with Crippen LogP contribution in [0.15, 0.2) is 47.5 Å². The molecule has 1 amide bonds. The molecule has 0 saturated carbocycles. The number of carbonyl (C=O) groups excluding carboxylic acids is 1. The van der Waals surface area contributed by atoms with Crippen LogP contribution in [0.1, 0.15) is 17.3 Å². The molecule has 26 heavy (non-hydrogen) atoms. The van der Waals surface area contributed by atoms with Gasteiger partial charge in [-0.1, -0.05) is 23.5 Å². The summed E-state index contributed by atoms with van der Waals surface area (Å²) in [5.41, 5.74) is 0.884. The number of aromatic nitrogens is 1. The fourth-order valence-electron chi connectivity index (χ4n) is 2.56. The van der Waals surface area contributed by atoms with E-state index in [1.807, 2.05) is 29.7 Å². The Morgan fingerprint density at radius 2 is 2.08 bits per heavy atom. The molecule has 0 aliphatic heterocycles. The number of nitrogens with zero attached hydrogens (tertiary/aromatic N) is 2. The molecule has 0 fully saturated rings. The quantitative estimate of drug-likeness (QED) is 0.619. The van der Waals surface area contributed by atoms with Gasteiger partial charge in [0.25, 0.3) is 5.91 Å². The zero-order valence-electron chi connectivity index (χ0n) is 14.6. The van der Waals surface area contributed by atoms with Gasteiger partial charge in [0, 0.05) is 13.2 Å². The molecule has 7 heteroatoms. The maximum absolute atomic E-state index is 13.9. The number of thiazole rings is 1. The van der Waals surface area contributed by atoms with E-state index in [-0.39, 0.29) is 5.56 Å². The number of halogens is 1. The number of rotatable bonds is 6. The first-order valence-electron chi connectivity index (χ1n) is 8.22. The Labute approximate surface area is 154 Å². The normalized spacial score (nSPS) is 11.9. The number of methoxy groups -OCH3 is 1. The lowest BCUT2D eigenvalue weighted by Crippen LogP contribution is -2.20. The largest absolute Gasteiger partial charge is 0.497 e. The molecular weight excluding hydrogens is 355 g/mol. The summed E-state index contributed by atoms with van der Waals surface area (Å²) in [5.74, 6) is -0.459. The molecule has 0 aliphatic rings. The van der Waals surface area contributed by atoms with Crippen molar-refractivity contribution in [1.29, 1.82) is 0 Å². The van der Waals surface area contributed by atoms with E-state index >= 15 is 0 Å². The number of hydrogen-bond donors (Lipinski definition) is 0. The van der Waals surface area contributed by atoms with Crippen LogP contribution in [0.4, 0.5) is 4.39 Å². The molecule has 0 spiro atoms. The minimum atomic E-state index is -0.605. The summed E-state index contributed by atoms with van der Waals surface area (Å²) in [6.07, 6.45) is 0. The maximum atomic E-state index is 13.9. The minimum absolute atomic E-state index is 0.0427. The van der Waals surface area contributed by atoms with Gasteiger partial charge in [0.2, 0.25) is 0 Å². The smallest absolute Gasteiger partial charge is 0.282 e. The van der Waals surface area contributed by atoms with Crippen LogP contribution >= 0.6 is 11.3 Å². The van der Waals surface area contributed by atoms with Crippen molar-refractivity contribution >= 4 is 27.5 Å². The highest BCUT2D eigenvalue weighted by molar-refractivity contribution is 7.16. The van der Waals surface area contributed by atoms with Crippen molar-refractivity contribution in [3.05, 3.63) is 58.6 Å². The molecule has 0 atom stereocenters. The fourth-order valence-corrected chi connectivity index (χ4v) is 3.65. The Bertz CT molecular complexity index is 994. The SMILES string of the molecule is CCOCCn1c(=NC(=O)c2ccccc2F)sc2cc(OC)ccc21. The van der Waals surface area contributed by atoms with Crippen LogP contribution in [0.5, 0.6) is 5.75 Å². The third-order valence-corrected chi connectivity index (χ3v) is 4.90. The third kappa shape index (κ3) is 3.84. The highest BCUT2D eigenvalue weighted by atomic mass is 32.1. The third-order valence-electron chi connectivity index (χ3n) is 3.85. The summed E-state index contributed by atoms with van der Waals surface area (Å²) < 4.78 is 27.4. The Morgan fingerprint density at radius 1 is 1.27 bits per heavy atom. The van der Waals surface area contributed by atoms with Gasteiger partial charge in [-0.15, -0.1) is 0 Å². The number of hydrogen-bond acceptors (Lipinski definition) is 4. The summed E-state index contributed by atoms with van der Waals surface area (Å²) in [4.78, 5) is 17.1. The Kier molecular flexibility index (Phi) is 5.80. The lowest BCUT2D eigenvalue weighted by molar-refractivity contribution is 0.0993. The van der Waals surface area contributed by atoms with Crippen molar-refractivity contribution in [1.82, 2.24) is 4.57 Å². The Hall–Kier alpha value is -2.51. The predicted octanol–water partition coefficient (Wildman–Crippen LogP) is 3.63. The van der Waals surface area contributed by atoms with Crippen molar-refractivity contribution in [2.24, 2.45) is 4.99 Å². The minimum Gasteiger partial charge on any atom is -0.497 e. The topological polar surface area (TPSA) is 52.8 Å². The van der Waals surface area contributed by atoms with E-state index in [9.17, 15) is 9.18 Å². The van der Waals surface area contributed by atoms with E-state index < -0.39 is 11.7 Å². The van der Waals surface area contributed by atoms with E-state index in [1.165, 1.54) is 23.5 Å². The molecule has 1 aromatic heterocycles. The average Bonchev–Trinajstić information content (AvgIpc) is 2.98. The zero-order chi connectivity index (χ0) is 18.5. The fraction of sp³-hybridized carbons (Fsp3) is 0.263. The number of amides is 1. The number of ether oxygens (including phenoxy) is 2. The lowest BCUT2D eigenvalue weighted by atomic mass is 10.2. The van der Waals surface area contributed by atoms with Crippen LogP contribution in [-0.2, 0) is 11.3 Å². The first kappa shape index (κ1) is 18.3. The van der Waals surface area contributed by atoms with Gasteiger partial charge in [-0.3, -0.25) is 4.79 Å². The number of carbonyl (C=O) groups is 1. The summed E-state index contributed by atoms with van der Waals surface area (Å²) >= 11 is 1.36. The van der Waals surface area contributed by atoms with Gasteiger partial charge in [-0.2, -0.15) is 4.99 Å². The number of benzene rings is 2. The first-order chi connectivity index (χ1) is 12.6. The van der Waals surface area contributed by atoms with Crippen molar-refractivity contribution in [3.63, 3.8) is 0 Å². The van der Waals surface area contributed by atoms with Crippen LogP contribution in [0, 0.1) is 5.82 Å².